The molecule has 32 heavy (non-hydrogen) atoms. The zero-order valence-corrected chi connectivity index (χ0v) is 20.5. The molecule has 3 nitrogen and oxygen atoms in total. The van der Waals surface area contributed by atoms with Gasteiger partial charge in [-0.3, -0.25) is 0 Å². The monoisotopic (exact) mass is 460 g/mol. The van der Waals surface area contributed by atoms with Gasteiger partial charge in [0.25, 0.3) is 0 Å². The summed E-state index contributed by atoms with van der Waals surface area (Å²) in [6, 6.07) is 30.5. The fourth-order valence-corrected chi connectivity index (χ4v) is 9.78. The maximum atomic E-state index is 15.7. The van der Waals surface area contributed by atoms with Crippen molar-refractivity contribution in [3.63, 3.8) is 0 Å². The molecule has 0 aliphatic rings. The Hall–Kier alpha value is -3.01. The summed E-state index contributed by atoms with van der Waals surface area (Å²) in [4.78, 5) is 0. The third-order valence-corrected chi connectivity index (χ3v) is 11.6. The van der Waals surface area contributed by atoms with E-state index in [9.17, 15) is 0 Å². The fourth-order valence-electron chi connectivity index (χ4n) is 4.04. The molecular formula is C28H28O3Ti. The molecule has 4 aromatic carbocycles. The Morgan fingerprint density at radius 2 is 0.844 bits per heavy atom. The number of aryl methyl sites for hydroxylation is 4. The van der Waals surface area contributed by atoms with Gasteiger partial charge in [0, 0.05) is 0 Å². The van der Waals surface area contributed by atoms with E-state index in [0.29, 0.717) is 19.2 Å². The van der Waals surface area contributed by atoms with Crippen molar-refractivity contribution >= 4 is 7.74 Å². The first-order valence-corrected chi connectivity index (χ1v) is 14.3. The predicted octanol–water partition coefficient (Wildman–Crippen LogP) is 5.89. The zero-order valence-electron chi connectivity index (χ0n) is 19.0. The van der Waals surface area contributed by atoms with Crippen LogP contribution >= 0.6 is 0 Å². The SMILES string of the molecule is Cc1cccc([O][Ti](=[O])([O]c2cccc(C)c2)([c]2cccc(C)c2)[c]2cccc(C)c2)c1. The summed E-state index contributed by atoms with van der Waals surface area (Å²) in [7, 11) is 0. The normalized spacial score (nSPS) is 11.8. The second-order valence-corrected chi connectivity index (χ2v) is 14.1. The van der Waals surface area contributed by atoms with Gasteiger partial charge in [0.1, 0.15) is 0 Å². The first-order chi connectivity index (χ1) is 15.3. The Morgan fingerprint density at radius 3 is 1.19 bits per heavy atom. The van der Waals surface area contributed by atoms with Crippen LogP contribution in [0.5, 0.6) is 11.5 Å². The van der Waals surface area contributed by atoms with Gasteiger partial charge in [-0.1, -0.05) is 0 Å². The fraction of sp³-hybridized carbons (Fsp3) is 0.143. The zero-order chi connectivity index (χ0) is 22.8. The van der Waals surface area contributed by atoms with Gasteiger partial charge in [-0.2, -0.15) is 0 Å². The number of hydrogen-bond acceptors (Lipinski definition) is 3. The second-order valence-electron chi connectivity index (χ2n) is 8.56. The molecule has 0 atom stereocenters. The molecule has 0 aromatic heterocycles. The number of hydrogen-bond donors (Lipinski definition) is 0. The molecule has 0 fully saturated rings. The van der Waals surface area contributed by atoms with Crippen LogP contribution in [0.2, 0.25) is 0 Å². The molecule has 0 saturated heterocycles. The van der Waals surface area contributed by atoms with Gasteiger partial charge in [-0.25, -0.2) is 0 Å². The molecule has 0 heterocycles. The molecule has 0 aliphatic carbocycles. The maximum absolute atomic E-state index is 15.7. The van der Waals surface area contributed by atoms with E-state index in [-0.39, 0.29) is 0 Å². The van der Waals surface area contributed by atoms with Crippen molar-refractivity contribution in [3.05, 3.63) is 119 Å². The minimum absolute atomic E-state index is 0.521. The topological polar surface area (TPSA) is 35.5 Å². The van der Waals surface area contributed by atoms with Crippen LogP contribution in [0.1, 0.15) is 22.3 Å². The summed E-state index contributed by atoms with van der Waals surface area (Å²) in [5, 5.41) is 0. The third kappa shape index (κ3) is 4.32. The molecule has 0 N–H and O–H groups in total. The van der Waals surface area contributed by atoms with E-state index < -0.39 is 16.1 Å². The van der Waals surface area contributed by atoms with Gasteiger partial charge in [0.2, 0.25) is 0 Å². The van der Waals surface area contributed by atoms with E-state index in [4.69, 9.17) is 6.64 Å². The molecular weight excluding hydrogens is 432 g/mol. The van der Waals surface area contributed by atoms with Crippen molar-refractivity contribution in [2.45, 2.75) is 27.7 Å². The van der Waals surface area contributed by atoms with Crippen LogP contribution in [0.4, 0.5) is 0 Å². The van der Waals surface area contributed by atoms with Gasteiger partial charge in [0.05, 0.1) is 0 Å². The van der Waals surface area contributed by atoms with Crippen LogP contribution in [0.25, 0.3) is 0 Å². The second kappa shape index (κ2) is 8.50. The van der Waals surface area contributed by atoms with Crippen molar-refractivity contribution in [3.8, 4) is 11.5 Å². The third-order valence-electron chi connectivity index (χ3n) is 5.62. The van der Waals surface area contributed by atoms with Crippen LogP contribution < -0.4 is 14.4 Å². The van der Waals surface area contributed by atoms with E-state index in [1.165, 1.54) is 0 Å². The number of benzene rings is 4. The van der Waals surface area contributed by atoms with E-state index in [0.717, 1.165) is 22.3 Å². The average molecular weight is 460 g/mol. The summed E-state index contributed by atoms with van der Waals surface area (Å²) in [6.07, 6.45) is 0. The van der Waals surface area contributed by atoms with E-state index >= 15 is 3.32 Å². The molecule has 4 heteroatoms. The van der Waals surface area contributed by atoms with Crippen molar-refractivity contribution in [1.29, 1.82) is 0 Å². The summed E-state index contributed by atoms with van der Waals surface area (Å²) in [5.74, 6) is 1.04. The molecule has 0 unspecified atom stereocenters. The van der Waals surface area contributed by atoms with Crippen LogP contribution in [0.15, 0.2) is 97.1 Å². The summed E-state index contributed by atoms with van der Waals surface area (Å²) < 4.78 is 30.0. The molecule has 4 aromatic rings. The molecule has 0 amide bonds. The van der Waals surface area contributed by atoms with Crippen LogP contribution in [0.3, 0.4) is 0 Å². The molecule has 0 spiro atoms. The summed E-state index contributed by atoms with van der Waals surface area (Å²) in [5.41, 5.74) is 4.02. The Morgan fingerprint density at radius 1 is 0.500 bits per heavy atom. The Balaban J connectivity index is 2.06. The van der Waals surface area contributed by atoms with Crippen molar-refractivity contribution in [1.82, 2.24) is 0 Å². The first-order valence-electron chi connectivity index (χ1n) is 10.8. The predicted molar refractivity (Wildman–Crippen MR) is 126 cm³/mol. The van der Waals surface area contributed by atoms with Crippen LogP contribution in [-0.2, 0) is 19.4 Å². The van der Waals surface area contributed by atoms with Crippen molar-refractivity contribution in [2.75, 3.05) is 0 Å². The van der Waals surface area contributed by atoms with Crippen LogP contribution in [-0.4, -0.2) is 0 Å². The molecule has 0 radical (unpaired) electrons. The Labute approximate surface area is 191 Å². The van der Waals surface area contributed by atoms with E-state index in [2.05, 4.69) is 0 Å². The number of rotatable bonds is 6. The average Bonchev–Trinajstić information content (AvgIpc) is 2.74. The van der Waals surface area contributed by atoms with Gasteiger partial charge in [0.15, 0.2) is 0 Å². The summed E-state index contributed by atoms with van der Waals surface area (Å²) >= 11 is -5.85. The summed E-state index contributed by atoms with van der Waals surface area (Å²) in [6.45, 7) is 7.94. The standard InChI is InChI=1S/2C7H8O.2C7H7.O.Ti/c2*1-6-3-2-4-7(8)5-6;2*1-7-5-3-2-4-6-7;;/h2*2-5,8H,1H3;2*2-3,5-6H,1H3;;/q;;;;;+2/p-2. The van der Waals surface area contributed by atoms with Crippen molar-refractivity contribution in [2.24, 2.45) is 0 Å². The van der Waals surface area contributed by atoms with Gasteiger partial charge >= 0.3 is 192 Å². The first kappa shape index (κ1) is 22.2. The molecule has 0 saturated carbocycles. The molecule has 4 rings (SSSR count). The van der Waals surface area contributed by atoms with E-state index in [1.807, 2.05) is 125 Å². The Bertz CT molecular complexity index is 1240. The van der Waals surface area contributed by atoms with E-state index in [1.54, 1.807) is 0 Å². The van der Waals surface area contributed by atoms with Gasteiger partial charge in [-0.15, -0.1) is 0 Å². The minimum atomic E-state index is -5.85. The van der Waals surface area contributed by atoms with Crippen molar-refractivity contribution < 1.29 is 26.0 Å². The molecule has 0 aliphatic heterocycles. The van der Waals surface area contributed by atoms with Crippen LogP contribution in [0, 0.1) is 27.7 Å². The van der Waals surface area contributed by atoms with Gasteiger partial charge < -0.3 is 0 Å². The van der Waals surface area contributed by atoms with Gasteiger partial charge in [-0.05, 0) is 0 Å². The molecule has 0 bridgehead atoms. The Kier molecular flexibility index (Phi) is 5.89. The molecule has 162 valence electrons. The quantitative estimate of drug-likeness (QED) is 0.337.